The van der Waals surface area contributed by atoms with Crippen molar-refractivity contribution in [1.29, 1.82) is 0 Å². The van der Waals surface area contributed by atoms with E-state index in [-0.39, 0.29) is 0 Å². The van der Waals surface area contributed by atoms with Gasteiger partial charge in [0.25, 0.3) is 21.2 Å². The topological polar surface area (TPSA) is 90.2 Å². The summed E-state index contributed by atoms with van der Waals surface area (Å²) in [4.78, 5) is 11.1. The van der Waals surface area contributed by atoms with Crippen molar-refractivity contribution in [2.75, 3.05) is 0 Å². The highest BCUT2D eigenvalue weighted by Crippen LogP contribution is 2.33. The van der Waals surface area contributed by atoms with Gasteiger partial charge in [0.1, 0.15) is 5.69 Å². The van der Waals surface area contributed by atoms with Gasteiger partial charge >= 0.3 is 0 Å². The Labute approximate surface area is 92.4 Å². The van der Waals surface area contributed by atoms with Crippen molar-refractivity contribution in [1.82, 2.24) is 4.98 Å². The molecule has 16 heavy (non-hydrogen) atoms. The molecular formula is C6H3ClF2N2O4S. The zero-order chi connectivity index (χ0) is 12.5. The minimum atomic E-state index is -4.67. The molecule has 0 unspecified atom stereocenters. The van der Waals surface area contributed by atoms with Crippen LogP contribution in [0.25, 0.3) is 0 Å². The summed E-state index contributed by atoms with van der Waals surface area (Å²) in [6, 6.07) is 0.682. The summed E-state index contributed by atoms with van der Waals surface area (Å²) in [6.45, 7) is 0. The molecule has 1 heterocycles. The van der Waals surface area contributed by atoms with Crippen molar-refractivity contribution in [2.24, 2.45) is 0 Å². The lowest BCUT2D eigenvalue weighted by Gasteiger charge is -2.04. The number of alkyl halides is 2. The highest BCUT2D eigenvalue weighted by molar-refractivity contribution is 8.13. The van der Waals surface area contributed by atoms with Crippen LogP contribution < -0.4 is 0 Å². The fraction of sp³-hybridized carbons (Fsp3) is 0.167. The lowest BCUT2D eigenvalue weighted by molar-refractivity contribution is -0.388. The highest BCUT2D eigenvalue weighted by Gasteiger charge is 2.32. The second-order valence-corrected chi connectivity index (χ2v) is 5.04. The van der Waals surface area contributed by atoms with Crippen LogP contribution in [0, 0.1) is 10.1 Å². The molecule has 0 N–H and O–H groups in total. The first kappa shape index (κ1) is 12.7. The molecule has 0 fully saturated rings. The molecule has 0 saturated carbocycles. The molecule has 0 atom stereocenters. The average Bonchev–Trinajstić information content (AvgIpc) is 2.15. The van der Waals surface area contributed by atoms with Gasteiger partial charge in [-0.05, 0) is 0 Å². The van der Waals surface area contributed by atoms with E-state index in [4.69, 9.17) is 10.7 Å². The van der Waals surface area contributed by atoms with E-state index in [1.54, 1.807) is 0 Å². The van der Waals surface area contributed by atoms with Crippen LogP contribution >= 0.6 is 10.7 Å². The summed E-state index contributed by atoms with van der Waals surface area (Å²) in [5.41, 5.74) is -2.26. The fourth-order valence-electron chi connectivity index (χ4n) is 1.00. The van der Waals surface area contributed by atoms with Crippen molar-refractivity contribution in [2.45, 2.75) is 11.3 Å². The van der Waals surface area contributed by atoms with E-state index >= 15 is 0 Å². The predicted molar refractivity (Wildman–Crippen MR) is 48.9 cm³/mol. The van der Waals surface area contributed by atoms with Gasteiger partial charge in [0.15, 0.2) is 4.90 Å². The molecule has 1 aromatic rings. The van der Waals surface area contributed by atoms with Gasteiger partial charge in [0.2, 0.25) is 0 Å². The molecule has 0 aromatic carbocycles. The summed E-state index contributed by atoms with van der Waals surface area (Å²) in [5.74, 6) is 0. The molecule has 0 saturated heterocycles. The van der Waals surface area contributed by atoms with Gasteiger partial charge in [-0.15, -0.1) is 0 Å². The third-order valence-electron chi connectivity index (χ3n) is 1.56. The van der Waals surface area contributed by atoms with Gasteiger partial charge in [0.05, 0.1) is 4.92 Å². The average molecular weight is 273 g/mol. The van der Waals surface area contributed by atoms with E-state index in [9.17, 15) is 27.3 Å². The second-order valence-electron chi connectivity index (χ2n) is 2.54. The minimum Gasteiger partial charge on any atom is -0.258 e. The van der Waals surface area contributed by atoms with Crippen molar-refractivity contribution in [3.8, 4) is 0 Å². The van der Waals surface area contributed by atoms with Crippen LogP contribution in [-0.2, 0) is 9.05 Å². The Morgan fingerprint density at radius 2 is 2.06 bits per heavy atom. The Morgan fingerprint density at radius 3 is 2.44 bits per heavy atom. The second kappa shape index (κ2) is 4.26. The lowest BCUT2D eigenvalue weighted by Crippen LogP contribution is -2.06. The Morgan fingerprint density at radius 1 is 1.50 bits per heavy atom. The Hall–Kier alpha value is -1.35. The van der Waals surface area contributed by atoms with Crippen LogP contribution in [0.15, 0.2) is 17.2 Å². The minimum absolute atomic E-state index is 0.682. The van der Waals surface area contributed by atoms with Gasteiger partial charge in [-0.25, -0.2) is 17.2 Å². The van der Waals surface area contributed by atoms with Crippen molar-refractivity contribution in [3.63, 3.8) is 0 Å². The number of nitrogens with zero attached hydrogens (tertiary/aromatic N) is 2. The predicted octanol–water partition coefficient (Wildman–Crippen LogP) is 1.85. The Kier molecular flexibility index (Phi) is 3.38. The molecule has 1 rings (SSSR count). The molecule has 0 bridgehead atoms. The Balaban J connectivity index is 3.68. The monoisotopic (exact) mass is 272 g/mol. The van der Waals surface area contributed by atoms with Crippen LogP contribution in [0.3, 0.4) is 0 Å². The number of hydrogen-bond acceptors (Lipinski definition) is 5. The molecule has 1 aromatic heterocycles. The zero-order valence-electron chi connectivity index (χ0n) is 7.30. The molecule has 6 nitrogen and oxygen atoms in total. The van der Waals surface area contributed by atoms with Crippen molar-refractivity contribution < 1.29 is 22.1 Å². The summed E-state index contributed by atoms with van der Waals surface area (Å²) < 4.78 is 46.7. The van der Waals surface area contributed by atoms with Gasteiger partial charge in [-0.2, -0.15) is 0 Å². The fourth-order valence-corrected chi connectivity index (χ4v) is 2.26. The Bertz CT molecular complexity index is 533. The van der Waals surface area contributed by atoms with Crippen LogP contribution in [0.1, 0.15) is 12.1 Å². The standard InChI is InChI=1S/C6H3ClF2N2O4S/c7-16(14,15)5-3(11(12)13)1-2-10-4(5)6(8)9/h1-2,6H. The van der Waals surface area contributed by atoms with Crippen LogP contribution in [0.2, 0.25) is 0 Å². The zero-order valence-corrected chi connectivity index (χ0v) is 8.87. The van der Waals surface area contributed by atoms with Gasteiger partial charge in [-0.3, -0.25) is 15.1 Å². The van der Waals surface area contributed by atoms with E-state index in [2.05, 4.69) is 4.98 Å². The molecule has 0 aliphatic rings. The van der Waals surface area contributed by atoms with Crippen LogP contribution in [-0.4, -0.2) is 18.3 Å². The van der Waals surface area contributed by atoms with E-state index in [1.807, 2.05) is 0 Å². The van der Waals surface area contributed by atoms with Crippen molar-refractivity contribution >= 4 is 25.4 Å². The highest BCUT2D eigenvalue weighted by atomic mass is 35.7. The molecule has 0 spiro atoms. The maximum Gasteiger partial charge on any atom is 0.292 e. The van der Waals surface area contributed by atoms with E-state index < -0.39 is 36.7 Å². The third-order valence-corrected chi connectivity index (χ3v) is 2.93. The molecule has 10 heteroatoms. The number of nitro groups is 1. The molecular weight excluding hydrogens is 270 g/mol. The maximum atomic E-state index is 12.4. The largest absolute Gasteiger partial charge is 0.292 e. The van der Waals surface area contributed by atoms with E-state index in [1.165, 1.54) is 0 Å². The lowest BCUT2D eigenvalue weighted by atomic mass is 10.3. The molecule has 88 valence electrons. The van der Waals surface area contributed by atoms with E-state index in [0.29, 0.717) is 12.3 Å². The summed E-state index contributed by atoms with van der Waals surface area (Å²) in [5, 5.41) is 10.5. The summed E-state index contributed by atoms with van der Waals surface area (Å²) >= 11 is 0. The normalized spacial score (nSPS) is 11.8. The van der Waals surface area contributed by atoms with Crippen molar-refractivity contribution in [3.05, 3.63) is 28.1 Å². The van der Waals surface area contributed by atoms with E-state index in [0.717, 1.165) is 0 Å². The number of rotatable bonds is 3. The van der Waals surface area contributed by atoms with Crippen LogP contribution in [0.5, 0.6) is 0 Å². The van der Waals surface area contributed by atoms with Crippen LogP contribution in [0.4, 0.5) is 14.5 Å². The van der Waals surface area contributed by atoms with Gasteiger partial charge in [-0.1, -0.05) is 0 Å². The first-order chi connectivity index (χ1) is 7.25. The number of halogens is 3. The molecule has 0 aliphatic carbocycles. The first-order valence-corrected chi connectivity index (χ1v) is 5.92. The quantitative estimate of drug-likeness (QED) is 0.476. The summed E-state index contributed by atoms with van der Waals surface area (Å²) in [7, 11) is 0.185. The first-order valence-electron chi connectivity index (χ1n) is 3.61. The number of pyridine rings is 1. The van der Waals surface area contributed by atoms with Gasteiger partial charge in [0, 0.05) is 22.9 Å². The third kappa shape index (κ3) is 2.42. The molecule has 0 aliphatic heterocycles. The number of hydrogen-bond donors (Lipinski definition) is 0. The SMILES string of the molecule is O=[N+]([O-])c1ccnc(C(F)F)c1S(=O)(=O)Cl. The van der Waals surface area contributed by atoms with Gasteiger partial charge < -0.3 is 0 Å². The number of aromatic nitrogens is 1. The molecule has 0 amide bonds. The smallest absolute Gasteiger partial charge is 0.258 e. The molecule has 0 radical (unpaired) electrons. The summed E-state index contributed by atoms with van der Waals surface area (Å²) in [6.07, 6.45) is -2.56. The maximum absolute atomic E-state index is 12.4.